The molecule has 0 bridgehead atoms. The zero-order valence-electron chi connectivity index (χ0n) is 28.2. The fourth-order valence-electron chi connectivity index (χ4n) is 5.73. The Hall–Kier alpha value is -2.29. The fourth-order valence-corrected chi connectivity index (χ4v) is 5.73. The standard InChI is InChI=1S/C40H64O3/c1-4-6-8-10-12-14-15-16-18-20-22-24-34-42-39-32-30-38(31-33-39)37-28-26-36(27-29-37)35(3)43-40(41)25-23-21-19-17-13-11-9-7-5-2/h26-33,35H,4-25,34H2,1-3H3. The predicted molar refractivity (Wildman–Crippen MR) is 185 cm³/mol. The van der Waals surface area contributed by atoms with Crippen LogP contribution in [0.4, 0.5) is 0 Å². The van der Waals surface area contributed by atoms with Crippen LogP contribution in [-0.2, 0) is 9.53 Å². The van der Waals surface area contributed by atoms with Crippen molar-refractivity contribution in [3.8, 4) is 16.9 Å². The molecule has 0 aliphatic carbocycles. The molecule has 242 valence electrons. The molecule has 1 unspecified atom stereocenters. The van der Waals surface area contributed by atoms with Gasteiger partial charge in [-0.1, -0.05) is 172 Å². The lowest BCUT2D eigenvalue weighted by Crippen LogP contribution is -2.08. The summed E-state index contributed by atoms with van der Waals surface area (Å²) in [4.78, 5) is 12.3. The van der Waals surface area contributed by atoms with E-state index in [0.717, 1.165) is 42.7 Å². The van der Waals surface area contributed by atoms with Crippen molar-refractivity contribution in [2.45, 2.75) is 168 Å². The molecule has 2 aromatic rings. The van der Waals surface area contributed by atoms with Gasteiger partial charge in [0.05, 0.1) is 6.61 Å². The van der Waals surface area contributed by atoms with Crippen molar-refractivity contribution < 1.29 is 14.3 Å². The Morgan fingerprint density at radius 1 is 0.535 bits per heavy atom. The average molecular weight is 593 g/mol. The topological polar surface area (TPSA) is 35.5 Å². The maximum Gasteiger partial charge on any atom is 0.306 e. The lowest BCUT2D eigenvalue weighted by molar-refractivity contribution is -0.148. The summed E-state index contributed by atoms with van der Waals surface area (Å²) in [5.41, 5.74) is 3.36. The summed E-state index contributed by atoms with van der Waals surface area (Å²) < 4.78 is 11.7. The molecule has 0 aliphatic rings. The van der Waals surface area contributed by atoms with Crippen molar-refractivity contribution >= 4 is 5.97 Å². The van der Waals surface area contributed by atoms with Gasteiger partial charge in [-0.2, -0.15) is 0 Å². The minimum Gasteiger partial charge on any atom is -0.494 e. The van der Waals surface area contributed by atoms with Gasteiger partial charge in [-0.3, -0.25) is 4.79 Å². The second-order valence-corrected chi connectivity index (χ2v) is 12.6. The molecule has 0 aliphatic heterocycles. The number of rotatable bonds is 27. The normalized spacial score (nSPS) is 11.9. The molecule has 3 nitrogen and oxygen atoms in total. The fraction of sp³-hybridized carbons (Fsp3) is 0.675. The van der Waals surface area contributed by atoms with Crippen LogP contribution in [0.25, 0.3) is 11.1 Å². The molecule has 0 radical (unpaired) electrons. The van der Waals surface area contributed by atoms with E-state index >= 15 is 0 Å². The number of ether oxygens (including phenoxy) is 2. The first-order valence-corrected chi connectivity index (χ1v) is 18.2. The summed E-state index contributed by atoms with van der Waals surface area (Å²) in [6.07, 6.45) is 27.9. The number of benzene rings is 2. The second kappa shape index (κ2) is 25.1. The van der Waals surface area contributed by atoms with Gasteiger partial charge in [-0.25, -0.2) is 0 Å². The first-order valence-electron chi connectivity index (χ1n) is 18.2. The Kier molecular flexibility index (Phi) is 21.5. The van der Waals surface area contributed by atoms with Gasteiger partial charge >= 0.3 is 5.97 Å². The van der Waals surface area contributed by atoms with E-state index in [1.807, 2.05) is 6.92 Å². The van der Waals surface area contributed by atoms with E-state index < -0.39 is 0 Å². The van der Waals surface area contributed by atoms with Crippen LogP contribution < -0.4 is 4.74 Å². The van der Waals surface area contributed by atoms with Crippen molar-refractivity contribution in [1.29, 1.82) is 0 Å². The molecule has 0 amide bonds. The van der Waals surface area contributed by atoms with Gasteiger partial charge in [-0.15, -0.1) is 0 Å². The van der Waals surface area contributed by atoms with Crippen molar-refractivity contribution in [3.63, 3.8) is 0 Å². The van der Waals surface area contributed by atoms with E-state index in [1.54, 1.807) is 0 Å². The van der Waals surface area contributed by atoms with Crippen LogP contribution in [0.3, 0.4) is 0 Å². The largest absolute Gasteiger partial charge is 0.494 e. The molecule has 0 saturated heterocycles. The SMILES string of the molecule is CCCCCCCCCCCCCCOc1ccc(-c2ccc(C(C)OC(=O)CCCCCCCCCCC)cc2)cc1. The molecule has 0 saturated carbocycles. The third kappa shape index (κ3) is 18.2. The average Bonchev–Trinajstić information content (AvgIpc) is 3.03. The molecular formula is C40H64O3. The summed E-state index contributed by atoms with van der Waals surface area (Å²) in [7, 11) is 0. The van der Waals surface area contributed by atoms with Gasteiger partial charge < -0.3 is 9.47 Å². The van der Waals surface area contributed by atoms with Gasteiger partial charge in [0.1, 0.15) is 11.9 Å². The Labute approximate surface area is 265 Å². The van der Waals surface area contributed by atoms with Crippen LogP contribution in [-0.4, -0.2) is 12.6 Å². The van der Waals surface area contributed by atoms with E-state index in [-0.39, 0.29) is 12.1 Å². The maximum absolute atomic E-state index is 12.3. The monoisotopic (exact) mass is 592 g/mol. The molecule has 0 spiro atoms. The Bertz CT molecular complexity index is 918. The highest BCUT2D eigenvalue weighted by atomic mass is 16.5. The lowest BCUT2D eigenvalue weighted by atomic mass is 10.0. The lowest BCUT2D eigenvalue weighted by Gasteiger charge is -2.14. The first kappa shape index (κ1) is 36.9. The van der Waals surface area contributed by atoms with Crippen LogP contribution >= 0.6 is 0 Å². The second-order valence-electron chi connectivity index (χ2n) is 12.6. The summed E-state index contributed by atoms with van der Waals surface area (Å²) in [6.45, 7) is 7.29. The molecule has 1 atom stereocenters. The molecule has 0 heterocycles. The highest BCUT2D eigenvalue weighted by Gasteiger charge is 2.12. The zero-order chi connectivity index (χ0) is 30.8. The van der Waals surface area contributed by atoms with E-state index in [2.05, 4.69) is 62.4 Å². The van der Waals surface area contributed by atoms with Gasteiger partial charge in [0, 0.05) is 6.42 Å². The molecular weight excluding hydrogens is 528 g/mol. The first-order chi connectivity index (χ1) is 21.1. The highest BCUT2D eigenvalue weighted by Crippen LogP contribution is 2.26. The van der Waals surface area contributed by atoms with Crippen LogP contribution in [0.15, 0.2) is 48.5 Å². The summed E-state index contributed by atoms with van der Waals surface area (Å²) in [6, 6.07) is 16.8. The summed E-state index contributed by atoms with van der Waals surface area (Å²) in [5.74, 6) is 0.856. The Balaban J connectivity index is 1.55. The van der Waals surface area contributed by atoms with Crippen LogP contribution in [0.2, 0.25) is 0 Å². The number of carbonyl (C=O) groups is 1. The molecule has 43 heavy (non-hydrogen) atoms. The minimum absolute atomic E-state index is 0.0846. The molecule has 2 rings (SSSR count). The molecule has 0 N–H and O–H groups in total. The Morgan fingerprint density at radius 3 is 1.40 bits per heavy atom. The molecule has 0 aromatic heterocycles. The van der Waals surface area contributed by atoms with Gasteiger partial charge in [-0.05, 0) is 48.6 Å². The number of carbonyl (C=O) groups excluding carboxylic acids is 1. The van der Waals surface area contributed by atoms with E-state index in [0.29, 0.717) is 6.42 Å². The van der Waals surface area contributed by atoms with Crippen molar-refractivity contribution in [3.05, 3.63) is 54.1 Å². The number of unbranched alkanes of at least 4 members (excludes halogenated alkanes) is 19. The van der Waals surface area contributed by atoms with Crippen molar-refractivity contribution in [2.24, 2.45) is 0 Å². The number of hydrogen-bond acceptors (Lipinski definition) is 3. The molecule has 2 aromatic carbocycles. The Morgan fingerprint density at radius 2 is 0.930 bits per heavy atom. The van der Waals surface area contributed by atoms with Crippen molar-refractivity contribution in [2.75, 3.05) is 6.61 Å². The maximum atomic E-state index is 12.3. The van der Waals surface area contributed by atoms with Crippen LogP contribution in [0, 0.1) is 0 Å². The molecule has 0 fully saturated rings. The summed E-state index contributed by atoms with van der Waals surface area (Å²) in [5, 5.41) is 0. The highest BCUT2D eigenvalue weighted by molar-refractivity contribution is 5.70. The van der Waals surface area contributed by atoms with Gasteiger partial charge in [0.15, 0.2) is 0 Å². The third-order valence-corrected chi connectivity index (χ3v) is 8.63. The van der Waals surface area contributed by atoms with Gasteiger partial charge in [0.2, 0.25) is 0 Å². The minimum atomic E-state index is -0.226. The van der Waals surface area contributed by atoms with Crippen LogP contribution in [0.1, 0.15) is 174 Å². The van der Waals surface area contributed by atoms with E-state index in [1.165, 1.54) is 121 Å². The number of hydrogen-bond donors (Lipinski definition) is 0. The predicted octanol–water partition coefficient (Wildman–Crippen LogP) is 13.0. The number of esters is 1. The molecule has 3 heteroatoms. The zero-order valence-corrected chi connectivity index (χ0v) is 28.2. The van der Waals surface area contributed by atoms with E-state index in [9.17, 15) is 4.79 Å². The van der Waals surface area contributed by atoms with Crippen molar-refractivity contribution in [1.82, 2.24) is 0 Å². The van der Waals surface area contributed by atoms with Crippen LogP contribution in [0.5, 0.6) is 5.75 Å². The van der Waals surface area contributed by atoms with Gasteiger partial charge in [0.25, 0.3) is 0 Å². The summed E-state index contributed by atoms with van der Waals surface area (Å²) >= 11 is 0. The third-order valence-electron chi connectivity index (χ3n) is 8.63. The van der Waals surface area contributed by atoms with E-state index in [4.69, 9.17) is 9.47 Å². The quantitative estimate of drug-likeness (QED) is 0.0764. The smallest absolute Gasteiger partial charge is 0.306 e.